The molecule has 3 N–H and O–H groups in total. The van der Waals surface area contributed by atoms with Gasteiger partial charge in [-0.3, -0.25) is 4.79 Å². The summed E-state index contributed by atoms with van der Waals surface area (Å²) in [4.78, 5) is 23.9. The molecule has 0 bridgehead atoms. The Kier molecular flexibility index (Phi) is 7.49. The number of hydrogen-bond acceptors (Lipinski definition) is 7. The summed E-state index contributed by atoms with van der Waals surface area (Å²) in [5.74, 6) is -0.889. The number of carbonyl (C=O) groups excluding carboxylic acids is 2. The summed E-state index contributed by atoms with van der Waals surface area (Å²) in [5.41, 5.74) is -0.0506. The van der Waals surface area contributed by atoms with Crippen molar-refractivity contribution in [2.45, 2.75) is 26.9 Å². The van der Waals surface area contributed by atoms with Crippen LogP contribution in [0.1, 0.15) is 31.1 Å². The molecular weight excluding hydrogens is 306 g/mol. The summed E-state index contributed by atoms with van der Waals surface area (Å²) < 4.78 is 15.2. The number of amides is 1. The largest absolute Gasteiger partial charge is 0.475 e. The Labute approximate surface area is 134 Å². The molecule has 0 aliphatic rings. The lowest BCUT2D eigenvalue weighted by atomic mass is 10.2. The standard InChI is InChI=1S/C14H23N3O6/c1-8(2)7-23-9(3)12(19)15-11-10(14(20)21-4)13(17-16-11)22-6-5-18/h8-9,18H,5-7H2,1-4H3,(H2,15,16,17,19). The molecular formula is C14H23N3O6. The number of methoxy groups -OCH3 is 1. The topological polar surface area (TPSA) is 123 Å². The highest BCUT2D eigenvalue weighted by Gasteiger charge is 2.25. The van der Waals surface area contributed by atoms with Crippen molar-refractivity contribution in [1.29, 1.82) is 0 Å². The predicted molar refractivity (Wildman–Crippen MR) is 81.4 cm³/mol. The van der Waals surface area contributed by atoms with Gasteiger partial charge < -0.3 is 24.6 Å². The van der Waals surface area contributed by atoms with Crippen molar-refractivity contribution < 1.29 is 28.9 Å². The zero-order chi connectivity index (χ0) is 17.4. The van der Waals surface area contributed by atoms with Crippen LogP contribution in [0.3, 0.4) is 0 Å². The van der Waals surface area contributed by atoms with E-state index in [1.165, 1.54) is 7.11 Å². The van der Waals surface area contributed by atoms with E-state index in [2.05, 4.69) is 20.3 Å². The molecule has 9 nitrogen and oxygen atoms in total. The van der Waals surface area contributed by atoms with Gasteiger partial charge in [-0.1, -0.05) is 13.8 Å². The summed E-state index contributed by atoms with van der Waals surface area (Å²) in [6, 6.07) is 0. The van der Waals surface area contributed by atoms with Crippen LogP contribution < -0.4 is 10.1 Å². The van der Waals surface area contributed by atoms with Gasteiger partial charge in [0.15, 0.2) is 11.4 Å². The van der Waals surface area contributed by atoms with E-state index in [1.807, 2.05) is 13.8 Å². The van der Waals surface area contributed by atoms with Crippen LogP contribution in [0.25, 0.3) is 0 Å². The van der Waals surface area contributed by atoms with E-state index < -0.39 is 18.0 Å². The van der Waals surface area contributed by atoms with Crippen molar-refractivity contribution in [2.75, 3.05) is 32.2 Å². The maximum absolute atomic E-state index is 12.1. The number of aliphatic hydroxyl groups is 1. The van der Waals surface area contributed by atoms with Gasteiger partial charge in [0.25, 0.3) is 5.91 Å². The van der Waals surface area contributed by atoms with Gasteiger partial charge in [0.05, 0.1) is 13.7 Å². The Morgan fingerprint density at radius 2 is 2.04 bits per heavy atom. The number of nitrogens with one attached hydrogen (secondary N) is 2. The summed E-state index contributed by atoms with van der Waals surface area (Å²) in [5, 5.41) is 17.6. The highest BCUT2D eigenvalue weighted by molar-refractivity contribution is 6.02. The second-order valence-corrected chi connectivity index (χ2v) is 5.20. The van der Waals surface area contributed by atoms with Crippen molar-refractivity contribution in [3.05, 3.63) is 5.56 Å². The van der Waals surface area contributed by atoms with Gasteiger partial charge in [0.2, 0.25) is 5.88 Å². The molecule has 0 aliphatic carbocycles. The van der Waals surface area contributed by atoms with Gasteiger partial charge in [-0.25, -0.2) is 9.89 Å². The monoisotopic (exact) mass is 329 g/mol. The van der Waals surface area contributed by atoms with Crippen LogP contribution in [-0.4, -0.2) is 60.2 Å². The first-order valence-electron chi connectivity index (χ1n) is 7.23. The molecule has 0 spiro atoms. The minimum atomic E-state index is -0.724. The lowest BCUT2D eigenvalue weighted by molar-refractivity contribution is -0.126. The van der Waals surface area contributed by atoms with Crippen LogP contribution in [0.5, 0.6) is 5.88 Å². The number of aromatic nitrogens is 2. The molecule has 0 saturated carbocycles. The molecule has 0 fully saturated rings. The van der Waals surface area contributed by atoms with Gasteiger partial charge >= 0.3 is 5.97 Å². The first kappa shape index (κ1) is 18.9. The quantitative estimate of drug-likeness (QED) is 0.566. The van der Waals surface area contributed by atoms with Gasteiger partial charge in [0.1, 0.15) is 12.7 Å². The fourth-order valence-corrected chi connectivity index (χ4v) is 1.59. The molecule has 0 radical (unpaired) electrons. The molecule has 1 aromatic rings. The molecule has 1 amide bonds. The number of rotatable bonds is 9. The van der Waals surface area contributed by atoms with E-state index in [9.17, 15) is 9.59 Å². The average Bonchev–Trinajstić information content (AvgIpc) is 2.92. The summed E-state index contributed by atoms with van der Waals surface area (Å²) in [6.45, 7) is 5.71. The van der Waals surface area contributed by atoms with Gasteiger partial charge in [-0.15, -0.1) is 0 Å². The first-order chi connectivity index (χ1) is 10.9. The Hall–Kier alpha value is -2.13. The van der Waals surface area contributed by atoms with Gasteiger partial charge in [-0.2, -0.15) is 5.10 Å². The molecule has 1 heterocycles. The zero-order valence-corrected chi connectivity index (χ0v) is 13.7. The van der Waals surface area contributed by atoms with E-state index in [4.69, 9.17) is 14.6 Å². The molecule has 9 heteroatoms. The van der Waals surface area contributed by atoms with Crippen molar-refractivity contribution in [3.63, 3.8) is 0 Å². The third kappa shape index (κ3) is 5.53. The summed E-state index contributed by atoms with van der Waals surface area (Å²) >= 11 is 0. The van der Waals surface area contributed by atoms with Crippen LogP contribution in [0.4, 0.5) is 5.82 Å². The number of H-pyrrole nitrogens is 1. The maximum atomic E-state index is 12.1. The SMILES string of the molecule is COC(=O)c1c(NC(=O)C(C)OCC(C)C)n[nH]c1OCCO. The number of hydrogen-bond donors (Lipinski definition) is 3. The number of carbonyl (C=O) groups is 2. The number of aliphatic hydroxyl groups excluding tert-OH is 1. The van der Waals surface area contributed by atoms with Crippen LogP contribution in [0, 0.1) is 5.92 Å². The highest BCUT2D eigenvalue weighted by Crippen LogP contribution is 2.24. The number of ether oxygens (including phenoxy) is 3. The van der Waals surface area contributed by atoms with Crippen molar-refractivity contribution in [3.8, 4) is 5.88 Å². The van der Waals surface area contributed by atoms with E-state index in [0.29, 0.717) is 12.5 Å². The zero-order valence-electron chi connectivity index (χ0n) is 13.7. The third-order valence-electron chi connectivity index (χ3n) is 2.75. The van der Waals surface area contributed by atoms with Crippen LogP contribution in [0.2, 0.25) is 0 Å². The molecule has 1 atom stereocenters. The fourth-order valence-electron chi connectivity index (χ4n) is 1.59. The lowest BCUT2D eigenvalue weighted by Crippen LogP contribution is -2.29. The Bertz CT molecular complexity index is 529. The second kappa shape index (κ2) is 9.11. The van der Waals surface area contributed by atoms with Crippen LogP contribution >= 0.6 is 0 Å². The van der Waals surface area contributed by atoms with Crippen LogP contribution in [-0.2, 0) is 14.3 Å². The molecule has 0 aliphatic heterocycles. The highest BCUT2D eigenvalue weighted by atomic mass is 16.5. The van der Waals surface area contributed by atoms with Gasteiger partial charge in [-0.05, 0) is 12.8 Å². The van der Waals surface area contributed by atoms with E-state index in [0.717, 1.165) is 0 Å². The van der Waals surface area contributed by atoms with Gasteiger partial charge in [0, 0.05) is 6.61 Å². The van der Waals surface area contributed by atoms with Crippen molar-refractivity contribution in [2.24, 2.45) is 5.92 Å². The average molecular weight is 329 g/mol. The summed E-state index contributed by atoms with van der Waals surface area (Å²) in [6.07, 6.45) is -0.707. The lowest BCUT2D eigenvalue weighted by Gasteiger charge is -2.14. The van der Waals surface area contributed by atoms with E-state index in [1.54, 1.807) is 6.92 Å². The van der Waals surface area contributed by atoms with Crippen molar-refractivity contribution in [1.82, 2.24) is 10.2 Å². The predicted octanol–water partition coefficient (Wildman–Crippen LogP) is 0.567. The minimum absolute atomic E-state index is 0.0111. The number of esters is 1. The fraction of sp³-hybridized carbons (Fsp3) is 0.643. The molecule has 1 rings (SSSR count). The first-order valence-corrected chi connectivity index (χ1v) is 7.23. The Morgan fingerprint density at radius 3 is 2.61 bits per heavy atom. The van der Waals surface area contributed by atoms with E-state index in [-0.39, 0.29) is 30.5 Å². The molecule has 1 aromatic heterocycles. The Balaban J connectivity index is 2.84. The van der Waals surface area contributed by atoms with Crippen molar-refractivity contribution >= 4 is 17.7 Å². The smallest absolute Gasteiger partial charge is 0.347 e. The third-order valence-corrected chi connectivity index (χ3v) is 2.75. The minimum Gasteiger partial charge on any atom is -0.475 e. The number of anilines is 1. The molecule has 23 heavy (non-hydrogen) atoms. The molecule has 0 saturated heterocycles. The number of aromatic amines is 1. The van der Waals surface area contributed by atoms with Crippen LogP contribution in [0.15, 0.2) is 0 Å². The second-order valence-electron chi connectivity index (χ2n) is 5.20. The molecule has 1 unspecified atom stereocenters. The van der Waals surface area contributed by atoms with E-state index >= 15 is 0 Å². The molecule has 0 aromatic carbocycles. The summed E-state index contributed by atoms with van der Waals surface area (Å²) in [7, 11) is 1.20. The number of nitrogens with zero attached hydrogens (tertiary/aromatic N) is 1. The Morgan fingerprint density at radius 1 is 1.35 bits per heavy atom. The maximum Gasteiger partial charge on any atom is 0.347 e. The normalized spacial score (nSPS) is 12.1. The molecule has 130 valence electrons.